The van der Waals surface area contributed by atoms with Crippen LogP contribution in [0.15, 0.2) is 28.2 Å². The van der Waals surface area contributed by atoms with E-state index in [0.29, 0.717) is 21.6 Å². The fourth-order valence-corrected chi connectivity index (χ4v) is 1.82. The predicted molar refractivity (Wildman–Crippen MR) is 78.0 cm³/mol. The molecule has 0 fully saturated rings. The molecule has 0 saturated heterocycles. The van der Waals surface area contributed by atoms with Gasteiger partial charge in [0.2, 0.25) is 5.84 Å². The van der Waals surface area contributed by atoms with Crippen LogP contribution >= 0.6 is 23.2 Å². The maximum absolute atomic E-state index is 11.0. The molecule has 0 bridgehead atoms. The molecule has 0 aliphatic heterocycles. The number of hydrogen-bond donors (Lipinski definition) is 1. The highest BCUT2D eigenvalue weighted by atomic mass is 35.5. The Morgan fingerprint density at radius 3 is 2.16 bits per heavy atom. The molecule has 102 valence electrons. The molecule has 7 heteroatoms. The van der Waals surface area contributed by atoms with E-state index in [0.717, 1.165) is 0 Å². The summed E-state index contributed by atoms with van der Waals surface area (Å²) in [6.07, 6.45) is 0. The summed E-state index contributed by atoms with van der Waals surface area (Å²) in [6, 6.07) is 4.81. The minimum Gasteiger partial charge on any atom is -0.475 e. The van der Waals surface area contributed by atoms with E-state index < -0.39 is 5.97 Å². The summed E-state index contributed by atoms with van der Waals surface area (Å²) in [5, 5.41) is 9.88. The Morgan fingerprint density at radius 2 is 1.74 bits per heavy atom. The van der Waals surface area contributed by atoms with E-state index in [-0.39, 0.29) is 5.84 Å². The summed E-state index contributed by atoms with van der Waals surface area (Å²) in [7, 11) is 3.19. The van der Waals surface area contributed by atoms with Gasteiger partial charge in [0, 0.05) is 24.1 Å². The van der Waals surface area contributed by atoms with Gasteiger partial charge >= 0.3 is 5.97 Å². The van der Waals surface area contributed by atoms with Crippen LogP contribution in [0.25, 0.3) is 0 Å². The second-order valence-electron chi connectivity index (χ2n) is 3.92. The molecule has 0 aliphatic rings. The summed E-state index contributed by atoms with van der Waals surface area (Å²) < 4.78 is 0. The number of rotatable bonds is 1. The lowest BCUT2D eigenvalue weighted by Crippen LogP contribution is -2.30. The molecular formula is C12H13Cl2N3O2. The summed E-state index contributed by atoms with van der Waals surface area (Å²) in [5.41, 5.74) is 0.516. The highest BCUT2D eigenvalue weighted by Gasteiger charge is 2.11. The van der Waals surface area contributed by atoms with Gasteiger partial charge in [-0.1, -0.05) is 23.2 Å². The highest BCUT2D eigenvalue weighted by molar-refractivity contribution is 6.36. The number of nitrogens with zero attached hydrogens (tertiary/aromatic N) is 3. The first kappa shape index (κ1) is 15.5. The van der Waals surface area contributed by atoms with Gasteiger partial charge in [-0.25, -0.2) is 14.8 Å². The van der Waals surface area contributed by atoms with Crippen LogP contribution in [0.3, 0.4) is 0 Å². The van der Waals surface area contributed by atoms with E-state index in [1.54, 1.807) is 39.2 Å². The zero-order valence-electron chi connectivity index (χ0n) is 10.7. The number of carbonyl (C=O) groups is 1. The Kier molecular flexibility index (Phi) is 5.32. The molecule has 0 saturated carbocycles. The van der Waals surface area contributed by atoms with Crippen molar-refractivity contribution in [1.29, 1.82) is 0 Å². The third-order valence-electron chi connectivity index (χ3n) is 2.02. The lowest BCUT2D eigenvalue weighted by molar-refractivity contribution is -0.130. The molecular weight excluding hydrogens is 289 g/mol. The molecule has 1 rings (SSSR count). The van der Waals surface area contributed by atoms with Crippen LogP contribution < -0.4 is 0 Å². The third kappa shape index (κ3) is 4.89. The smallest absolute Gasteiger partial charge is 0.371 e. The molecule has 0 aliphatic carbocycles. The maximum Gasteiger partial charge on any atom is 0.371 e. The first-order valence-corrected chi connectivity index (χ1v) is 6.06. The molecule has 0 atom stereocenters. The number of aliphatic carboxylic acids is 1. The zero-order chi connectivity index (χ0) is 14.6. The largest absolute Gasteiger partial charge is 0.475 e. The Hall–Kier alpha value is -1.59. The van der Waals surface area contributed by atoms with Gasteiger partial charge in [0.05, 0.1) is 5.69 Å². The van der Waals surface area contributed by atoms with E-state index in [1.165, 1.54) is 4.90 Å². The lowest BCUT2D eigenvalue weighted by Gasteiger charge is -2.10. The Bertz CT molecular complexity index is 534. The molecule has 0 radical (unpaired) electrons. The maximum atomic E-state index is 11.0. The van der Waals surface area contributed by atoms with Gasteiger partial charge < -0.3 is 10.0 Å². The number of halogens is 2. The van der Waals surface area contributed by atoms with Crippen molar-refractivity contribution in [3.63, 3.8) is 0 Å². The third-order valence-corrected chi connectivity index (χ3v) is 2.46. The van der Waals surface area contributed by atoms with Gasteiger partial charge in [-0.2, -0.15) is 0 Å². The first-order valence-electron chi connectivity index (χ1n) is 5.30. The minimum absolute atomic E-state index is 0.102. The van der Waals surface area contributed by atoms with Crippen LogP contribution in [-0.4, -0.2) is 41.7 Å². The van der Waals surface area contributed by atoms with Crippen molar-refractivity contribution in [1.82, 2.24) is 4.90 Å². The molecule has 0 heterocycles. The van der Waals surface area contributed by atoms with Crippen molar-refractivity contribution in [3.05, 3.63) is 28.2 Å². The van der Waals surface area contributed by atoms with Crippen LogP contribution in [0.4, 0.5) is 5.69 Å². The Morgan fingerprint density at radius 1 is 1.21 bits per heavy atom. The average Bonchev–Trinajstić information content (AvgIpc) is 2.23. The second-order valence-corrected chi connectivity index (χ2v) is 4.79. The average molecular weight is 302 g/mol. The lowest BCUT2D eigenvalue weighted by atomic mass is 10.3. The van der Waals surface area contributed by atoms with E-state index >= 15 is 0 Å². The molecule has 1 aromatic carbocycles. The van der Waals surface area contributed by atoms with Crippen molar-refractivity contribution < 1.29 is 9.90 Å². The number of carboxylic acids is 1. The van der Waals surface area contributed by atoms with Crippen molar-refractivity contribution in [2.24, 2.45) is 9.98 Å². The standard InChI is InChI=1S/C12H13Cl2N3O2/c1-7(16-11(12(18)19)17(2)3)15-10-5-8(13)4-9(14)6-10/h4-6H,1-3H3,(H,18,19). The molecule has 1 aromatic rings. The quantitative estimate of drug-likeness (QED) is 0.640. The normalized spacial score (nSPS) is 12.5. The number of likely N-dealkylation sites (N-methyl/N-ethyl adjacent to an activating group) is 1. The van der Waals surface area contributed by atoms with Crippen LogP contribution in [0.2, 0.25) is 10.0 Å². The zero-order valence-corrected chi connectivity index (χ0v) is 12.2. The summed E-state index contributed by atoms with van der Waals surface area (Å²) >= 11 is 11.7. The predicted octanol–water partition coefficient (Wildman–Crippen LogP) is 3.09. The first-order chi connectivity index (χ1) is 8.79. The Labute approximate surface area is 121 Å². The van der Waals surface area contributed by atoms with Crippen LogP contribution in [0.5, 0.6) is 0 Å². The van der Waals surface area contributed by atoms with Gasteiger partial charge in [0.1, 0.15) is 5.84 Å². The monoisotopic (exact) mass is 301 g/mol. The number of aliphatic imine (C=N–C) groups is 2. The van der Waals surface area contributed by atoms with Crippen molar-refractivity contribution in [2.75, 3.05) is 14.1 Å². The van der Waals surface area contributed by atoms with Gasteiger partial charge in [-0.15, -0.1) is 0 Å². The Balaban J connectivity index is 3.11. The van der Waals surface area contributed by atoms with Crippen molar-refractivity contribution >= 4 is 46.5 Å². The number of hydrogen-bond acceptors (Lipinski definition) is 2. The van der Waals surface area contributed by atoms with E-state index in [1.807, 2.05) is 0 Å². The summed E-state index contributed by atoms with van der Waals surface area (Å²) in [4.78, 5) is 20.5. The van der Waals surface area contributed by atoms with Crippen LogP contribution in [-0.2, 0) is 4.79 Å². The topological polar surface area (TPSA) is 65.3 Å². The number of benzene rings is 1. The van der Waals surface area contributed by atoms with Crippen LogP contribution in [0.1, 0.15) is 6.92 Å². The van der Waals surface area contributed by atoms with Crippen molar-refractivity contribution in [3.8, 4) is 0 Å². The summed E-state index contributed by atoms with van der Waals surface area (Å²) in [5.74, 6) is -0.928. The van der Waals surface area contributed by atoms with E-state index in [2.05, 4.69) is 9.98 Å². The molecule has 5 nitrogen and oxygen atoms in total. The number of carboxylic acid groups (broad SMARTS) is 1. The second kappa shape index (κ2) is 6.54. The van der Waals surface area contributed by atoms with Crippen LogP contribution in [0, 0.1) is 0 Å². The molecule has 0 aromatic heterocycles. The van der Waals surface area contributed by atoms with E-state index in [4.69, 9.17) is 28.3 Å². The number of amidine groups is 2. The fraction of sp³-hybridized carbons (Fsp3) is 0.250. The highest BCUT2D eigenvalue weighted by Crippen LogP contribution is 2.24. The van der Waals surface area contributed by atoms with Gasteiger partial charge in [0.15, 0.2) is 0 Å². The van der Waals surface area contributed by atoms with Gasteiger partial charge in [-0.05, 0) is 25.1 Å². The SMILES string of the molecule is CC(=Nc1cc(Cl)cc(Cl)c1)N=C(C(=O)O)N(C)C. The molecule has 0 unspecified atom stereocenters. The molecule has 1 N–H and O–H groups in total. The van der Waals surface area contributed by atoms with Gasteiger partial charge in [-0.3, -0.25) is 0 Å². The minimum atomic E-state index is -1.12. The van der Waals surface area contributed by atoms with Gasteiger partial charge in [0.25, 0.3) is 0 Å². The van der Waals surface area contributed by atoms with E-state index in [9.17, 15) is 4.79 Å². The molecule has 0 spiro atoms. The fourth-order valence-electron chi connectivity index (χ4n) is 1.31. The van der Waals surface area contributed by atoms with Crippen molar-refractivity contribution in [2.45, 2.75) is 6.92 Å². The molecule has 19 heavy (non-hydrogen) atoms. The molecule has 0 amide bonds. The summed E-state index contributed by atoms with van der Waals surface area (Å²) in [6.45, 7) is 1.60.